The summed E-state index contributed by atoms with van der Waals surface area (Å²) in [6.07, 6.45) is 0. The van der Waals surface area contributed by atoms with E-state index in [0.717, 1.165) is 11.3 Å². The third-order valence-corrected chi connectivity index (χ3v) is 2.90. The van der Waals surface area contributed by atoms with Gasteiger partial charge in [-0.05, 0) is 55.8 Å². The van der Waals surface area contributed by atoms with E-state index >= 15 is 0 Å². The highest BCUT2D eigenvalue weighted by Gasteiger charge is 2.08. The molecule has 4 nitrogen and oxygen atoms in total. The molecule has 2 aromatic rings. The second-order valence-electron chi connectivity index (χ2n) is 4.72. The van der Waals surface area contributed by atoms with Crippen LogP contribution >= 0.6 is 0 Å². The quantitative estimate of drug-likeness (QED) is 0.887. The lowest BCUT2D eigenvalue weighted by Crippen LogP contribution is -2.20. The molecule has 2 rings (SSSR count). The molecule has 0 spiro atoms. The predicted molar refractivity (Wildman–Crippen MR) is 82.9 cm³/mol. The first-order valence-corrected chi connectivity index (χ1v) is 7.00. The van der Waals surface area contributed by atoms with Crippen molar-refractivity contribution in [2.24, 2.45) is 0 Å². The van der Waals surface area contributed by atoms with Crippen molar-refractivity contribution >= 4 is 11.6 Å². The van der Waals surface area contributed by atoms with E-state index in [2.05, 4.69) is 5.32 Å². The van der Waals surface area contributed by atoms with Crippen LogP contribution in [0.4, 0.5) is 10.1 Å². The van der Waals surface area contributed by atoms with E-state index in [1.165, 1.54) is 12.1 Å². The number of aryl methyl sites for hydroxylation is 1. The van der Waals surface area contributed by atoms with E-state index in [-0.39, 0.29) is 12.3 Å². The molecule has 2 aromatic carbocycles. The van der Waals surface area contributed by atoms with Gasteiger partial charge in [0.1, 0.15) is 17.3 Å². The van der Waals surface area contributed by atoms with Crippen molar-refractivity contribution in [2.45, 2.75) is 13.8 Å². The Hall–Kier alpha value is -2.56. The van der Waals surface area contributed by atoms with Gasteiger partial charge < -0.3 is 14.8 Å². The highest BCUT2D eigenvalue weighted by Crippen LogP contribution is 2.18. The summed E-state index contributed by atoms with van der Waals surface area (Å²) in [6.45, 7) is 4.08. The highest BCUT2D eigenvalue weighted by molar-refractivity contribution is 5.92. The van der Waals surface area contributed by atoms with E-state index in [1.807, 2.05) is 6.92 Å². The second-order valence-corrected chi connectivity index (χ2v) is 4.72. The minimum absolute atomic E-state index is 0.144. The van der Waals surface area contributed by atoms with E-state index in [9.17, 15) is 9.18 Å². The lowest BCUT2D eigenvalue weighted by atomic mass is 10.2. The fraction of sp³-hybridized carbons (Fsp3) is 0.235. The number of hydrogen-bond acceptors (Lipinski definition) is 3. The molecule has 0 heterocycles. The van der Waals surface area contributed by atoms with Gasteiger partial charge in [0.05, 0.1) is 12.3 Å². The van der Waals surface area contributed by atoms with Gasteiger partial charge in [-0.25, -0.2) is 4.39 Å². The number of halogens is 1. The third-order valence-electron chi connectivity index (χ3n) is 2.90. The minimum Gasteiger partial charge on any atom is -0.494 e. The van der Waals surface area contributed by atoms with Crippen molar-refractivity contribution in [1.29, 1.82) is 0 Å². The van der Waals surface area contributed by atoms with Crippen LogP contribution in [0.25, 0.3) is 0 Å². The molecule has 0 saturated carbocycles. The number of carbonyl (C=O) groups is 1. The van der Waals surface area contributed by atoms with Crippen molar-refractivity contribution in [3.63, 3.8) is 0 Å². The normalized spacial score (nSPS) is 10.1. The Morgan fingerprint density at radius 2 is 1.73 bits per heavy atom. The Bertz CT molecular complexity index is 641. The molecule has 5 heteroatoms. The van der Waals surface area contributed by atoms with Crippen molar-refractivity contribution in [2.75, 3.05) is 18.5 Å². The zero-order valence-electron chi connectivity index (χ0n) is 12.6. The first-order valence-electron chi connectivity index (χ1n) is 7.00. The zero-order chi connectivity index (χ0) is 15.9. The Morgan fingerprint density at radius 1 is 1.09 bits per heavy atom. The first-order chi connectivity index (χ1) is 10.6. The fourth-order valence-corrected chi connectivity index (χ4v) is 1.86. The van der Waals surface area contributed by atoms with Gasteiger partial charge in [0.25, 0.3) is 5.91 Å². The molecule has 0 radical (unpaired) electrons. The van der Waals surface area contributed by atoms with Crippen LogP contribution in [0.1, 0.15) is 12.5 Å². The average Bonchev–Trinajstić information content (AvgIpc) is 2.50. The monoisotopic (exact) mass is 303 g/mol. The van der Waals surface area contributed by atoms with Gasteiger partial charge in [0.15, 0.2) is 6.61 Å². The Balaban J connectivity index is 1.87. The summed E-state index contributed by atoms with van der Waals surface area (Å²) in [7, 11) is 0. The Morgan fingerprint density at radius 3 is 2.32 bits per heavy atom. The molecule has 0 aliphatic rings. The number of amides is 1. The summed E-state index contributed by atoms with van der Waals surface area (Å²) in [6, 6.07) is 11.6. The standard InChI is InChI=1S/C17H18FNO3/c1-3-21-13-5-7-14(8-6-13)22-11-17(20)19-16-9-4-12(2)10-15(16)18/h4-10H,3,11H2,1-2H3,(H,19,20). The number of benzene rings is 2. The molecular weight excluding hydrogens is 285 g/mol. The van der Waals surface area contributed by atoms with Crippen molar-refractivity contribution in [3.8, 4) is 11.5 Å². The van der Waals surface area contributed by atoms with Gasteiger partial charge in [-0.1, -0.05) is 6.07 Å². The Kier molecular flexibility index (Phi) is 5.36. The maximum atomic E-state index is 13.6. The van der Waals surface area contributed by atoms with E-state index < -0.39 is 11.7 Å². The van der Waals surface area contributed by atoms with Crippen molar-refractivity contribution < 1.29 is 18.7 Å². The van der Waals surface area contributed by atoms with Gasteiger partial charge in [0.2, 0.25) is 0 Å². The van der Waals surface area contributed by atoms with E-state index in [0.29, 0.717) is 12.4 Å². The topological polar surface area (TPSA) is 47.6 Å². The van der Waals surface area contributed by atoms with Crippen LogP contribution in [-0.4, -0.2) is 19.1 Å². The SMILES string of the molecule is CCOc1ccc(OCC(=O)Nc2ccc(C)cc2F)cc1. The second kappa shape index (κ2) is 7.45. The summed E-state index contributed by atoms with van der Waals surface area (Å²) in [5.41, 5.74) is 0.937. The van der Waals surface area contributed by atoms with Gasteiger partial charge in [-0.15, -0.1) is 0 Å². The van der Waals surface area contributed by atoms with E-state index in [4.69, 9.17) is 9.47 Å². The number of rotatable bonds is 6. The third kappa shape index (κ3) is 4.48. The van der Waals surface area contributed by atoms with Crippen LogP contribution in [0.5, 0.6) is 11.5 Å². The van der Waals surface area contributed by atoms with Gasteiger partial charge >= 0.3 is 0 Å². The maximum absolute atomic E-state index is 13.6. The van der Waals surface area contributed by atoms with Gasteiger partial charge in [0, 0.05) is 0 Å². The fourth-order valence-electron chi connectivity index (χ4n) is 1.86. The predicted octanol–water partition coefficient (Wildman–Crippen LogP) is 3.55. The zero-order valence-corrected chi connectivity index (χ0v) is 12.6. The molecule has 1 amide bonds. The van der Waals surface area contributed by atoms with Crippen LogP contribution in [-0.2, 0) is 4.79 Å². The van der Waals surface area contributed by atoms with Gasteiger partial charge in [-0.2, -0.15) is 0 Å². The molecule has 0 aromatic heterocycles. The number of anilines is 1. The van der Waals surface area contributed by atoms with Crippen LogP contribution in [0, 0.1) is 12.7 Å². The summed E-state index contributed by atoms with van der Waals surface area (Å²) >= 11 is 0. The molecule has 0 bridgehead atoms. The number of hydrogen-bond donors (Lipinski definition) is 1. The van der Waals surface area contributed by atoms with Crippen LogP contribution in [0.2, 0.25) is 0 Å². The molecule has 0 aliphatic carbocycles. The van der Waals surface area contributed by atoms with Gasteiger partial charge in [-0.3, -0.25) is 4.79 Å². The van der Waals surface area contributed by atoms with Crippen molar-refractivity contribution in [1.82, 2.24) is 0 Å². The first kappa shape index (κ1) is 15.8. The van der Waals surface area contributed by atoms with Crippen molar-refractivity contribution in [3.05, 3.63) is 53.8 Å². The molecule has 0 saturated heterocycles. The molecule has 0 unspecified atom stereocenters. The number of carbonyl (C=O) groups excluding carboxylic acids is 1. The smallest absolute Gasteiger partial charge is 0.262 e. The molecule has 0 fully saturated rings. The largest absolute Gasteiger partial charge is 0.494 e. The summed E-state index contributed by atoms with van der Waals surface area (Å²) in [4.78, 5) is 11.8. The Labute approximate surface area is 128 Å². The summed E-state index contributed by atoms with van der Waals surface area (Å²) < 4.78 is 24.3. The maximum Gasteiger partial charge on any atom is 0.262 e. The van der Waals surface area contributed by atoms with Crippen LogP contribution in [0.3, 0.4) is 0 Å². The summed E-state index contributed by atoms with van der Waals surface area (Å²) in [5.74, 6) is 0.398. The van der Waals surface area contributed by atoms with E-state index in [1.54, 1.807) is 37.3 Å². The highest BCUT2D eigenvalue weighted by atomic mass is 19.1. The minimum atomic E-state index is -0.464. The summed E-state index contributed by atoms with van der Waals surface area (Å²) in [5, 5.41) is 2.48. The molecule has 116 valence electrons. The molecule has 0 aliphatic heterocycles. The lowest BCUT2D eigenvalue weighted by Gasteiger charge is -2.09. The number of nitrogens with one attached hydrogen (secondary N) is 1. The average molecular weight is 303 g/mol. The van der Waals surface area contributed by atoms with Crippen LogP contribution < -0.4 is 14.8 Å². The molecule has 0 atom stereocenters. The molecule has 1 N–H and O–H groups in total. The lowest BCUT2D eigenvalue weighted by molar-refractivity contribution is -0.118. The molecular formula is C17H18FNO3. The number of ether oxygens (including phenoxy) is 2. The molecule has 22 heavy (non-hydrogen) atoms. The van der Waals surface area contributed by atoms with Crippen LogP contribution in [0.15, 0.2) is 42.5 Å².